The summed E-state index contributed by atoms with van der Waals surface area (Å²) in [7, 11) is 5.88. The van der Waals surface area contributed by atoms with Crippen LogP contribution in [0, 0.1) is 0 Å². The Bertz CT molecular complexity index is 2930. The summed E-state index contributed by atoms with van der Waals surface area (Å²) < 4.78 is 40.1. The number of amides is 5. The second-order valence-electron chi connectivity index (χ2n) is 21.0. The SMILES string of the molecule is C=C1C[C@@H](CO)N(C(=O)c2cc(OC)c(OCCCCCOc3cc(N)c(C(=O)N4CC(=C)C[C@H]4C4NCCO4)cc3OC)cc2NC(=O)OCC(C)(C)SSCCC(=O)NCCNC(=O)OCC2c3ccccc3-c3ccccc32)C1. The molecule has 8 rings (SSSR count). The quantitative estimate of drug-likeness (QED) is 0.0143. The second-order valence-corrected chi connectivity index (χ2v) is 24.2. The van der Waals surface area contributed by atoms with Gasteiger partial charge in [-0.3, -0.25) is 25.0 Å². The Hall–Kier alpha value is -7.11. The van der Waals surface area contributed by atoms with Crippen molar-refractivity contribution >= 4 is 62.9 Å². The number of rotatable bonds is 27. The minimum atomic E-state index is -0.808. The summed E-state index contributed by atoms with van der Waals surface area (Å²) in [5, 5.41) is 21.7. The smallest absolute Gasteiger partial charge is 0.411 e. The third-order valence-corrected chi connectivity index (χ3v) is 17.7. The second kappa shape index (κ2) is 28.7. The molecule has 20 nitrogen and oxygen atoms in total. The van der Waals surface area contributed by atoms with Crippen LogP contribution in [0.4, 0.5) is 21.0 Å². The number of benzene rings is 4. The van der Waals surface area contributed by atoms with Crippen LogP contribution in [0.15, 0.2) is 97.1 Å². The van der Waals surface area contributed by atoms with Gasteiger partial charge >= 0.3 is 12.2 Å². The van der Waals surface area contributed by atoms with Crippen molar-refractivity contribution in [3.63, 3.8) is 0 Å². The van der Waals surface area contributed by atoms with E-state index in [-0.39, 0.29) is 111 Å². The van der Waals surface area contributed by atoms with Gasteiger partial charge in [-0.05, 0) is 80.3 Å². The maximum atomic E-state index is 14.2. The Morgan fingerprint density at radius 1 is 0.780 bits per heavy atom. The third-order valence-electron chi connectivity index (χ3n) is 14.4. The molecule has 0 aromatic heterocycles. The molecule has 4 aliphatic rings. The molecule has 4 aromatic carbocycles. The van der Waals surface area contributed by atoms with Gasteiger partial charge in [-0.2, -0.15) is 0 Å². The number of nitrogens with zero attached hydrogens (tertiary/aromatic N) is 2. The van der Waals surface area contributed by atoms with Crippen LogP contribution in [0.2, 0.25) is 0 Å². The summed E-state index contributed by atoms with van der Waals surface area (Å²) in [6.45, 7) is 14.9. The number of carbonyl (C=O) groups is 5. The van der Waals surface area contributed by atoms with Gasteiger partial charge in [0.1, 0.15) is 19.4 Å². The molecule has 7 N–H and O–H groups in total. The van der Waals surface area contributed by atoms with Crippen LogP contribution in [0.3, 0.4) is 0 Å². The minimum absolute atomic E-state index is 0.00896. The number of hydrogen-bond acceptors (Lipinski definition) is 17. The fraction of sp³-hybridized carbons (Fsp3) is 0.450. The van der Waals surface area contributed by atoms with E-state index in [0.717, 1.165) is 33.4 Å². The number of ether oxygens (including phenoxy) is 7. The molecule has 4 aromatic rings. The highest BCUT2D eigenvalue weighted by Gasteiger charge is 2.40. The molecule has 3 saturated heterocycles. The molecule has 3 heterocycles. The average molecular weight is 1170 g/mol. The standard InChI is InChI=1S/C60H75N7O13S2/c1-37-26-39(34-68)66(32-37)57(71)45-29-51(75-6)53(77-23-13-7-12-22-76-52-30-47(61)44(28-50(52)74-5)56(70)67-33-38(2)27-49(67)55-63-21-24-78-55)31-48(45)65-59(73)80-36-60(3,4)82-81-25-18-54(69)62-19-20-64-58(72)79-35-46-42-16-10-8-14-40(42)41-15-9-11-17-43(41)46/h8-11,14-17,28-31,39,46,49,55,63,68H,1-2,7,12-13,18-27,32-36,61H2,3-6H3,(H,62,69)(H,64,72)(H,65,73)/t39-,49-,55?/m0/s1. The van der Waals surface area contributed by atoms with E-state index in [2.05, 4.69) is 58.7 Å². The first-order chi connectivity index (χ1) is 39.6. The number of nitrogens with one attached hydrogen (secondary N) is 4. The van der Waals surface area contributed by atoms with E-state index in [0.29, 0.717) is 81.2 Å². The number of aliphatic hydroxyl groups excluding tert-OH is 1. The molecule has 3 aliphatic heterocycles. The zero-order chi connectivity index (χ0) is 58.3. The summed E-state index contributed by atoms with van der Waals surface area (Å²) in [5.41, 5.74) is 13.5. The summed E-state index contributed by atoms with van der Waals surface area (Å²) in [6, 6.07) is 21.8. The van der Waals surface area contributed by atoms with Crippen molar-refractivity contribution in [3.8, 4) is 34.1 Å². The monoisotopic (exact) mass is 1170 g/mol. The van der Waals surface area contributed by atoms with Gasteiger partial charge < -0.3 is 64.4 Å². The maximum absolute atomic E-state index is 14.2. The Morgan fingerprint density at radius 2 is 1.40 bits per heavy atom. The summed E-state index contributed by atoms with van der Waals surface area (Å²) in [4.78, 5) is 69.9. The van der Waals surface area contributed by atoms with Crippen LogP contribution in [-0.4, -0.2) is 160 Å². The molecule has 0 radical (unpaired) electrons. The fourth-order valence-electron chi connectivity index (χ4n) is 10.3. The lowest BCUT2D eigenvalue weighted by Gasteiger charge is -2.29. The highest BCUT2D eigenvalue weighted by molar-refractivity contribution is 8.77. The minimum Gasteiger partial charge on any atom is -0.493 e. The zero-order valence-electron chi connectivity index (χ0n) is 47.0. The predicted octanol–water partition coefficient (Wildman–Crippen LogP) is 8.15. The van der Waals surface area contributed by atoms with Crippen LogP contribution in [0.1, 0.15) is 90.1 Å². The van der Waals surface area contributed by atoms with Crippen molar-refractivity contribution < 1.29 is 62.2 Å². The van der Waals surface area contributed by atoms with E-state index in [1.807, 2.05) is 38.1 Å². The lowest BCUT2D eigenvalue weighted by atomic mass is 9.98. The first-order valence-corrected chi connectivity index (χ1v) is 29.9. The summed E-state index contributed by atoms with van der Waals surface area (Å²) in [6.07, 6.45) is 1.63. The largest absolute Gasteiger partial charge is 0.493 e. The molecule has 0 bridgehead atoms. The van der Waals surface area contributed by atoms with Crippen molar-refractivity contribution in [1.29, 1.82) is 0 Å². The number of aliphatic hydroxyl groups is 1. The molecule has 1 unspecified atom stereocenters. The van der Waals surface area contributed by atoms with Gasteiger partial charge in [0, 0.05) is 68.6 Å². The molecule has 5 amide bonds. The normalized spacial score (nSPS) is 17.5. The number of methoxy groups -OCH3 is 2. The van der Waals surface area contributed by atoms with E-state index in [9.17, 15) is 29.1 Å². The molecule has 440 valence electrons. The van der Waals surface area contributed by atoms with Gasteiger partial charge in [0.25, 0.3) is 11.8 Å². The first-order valence-electron chi connectivity index (χ1n) is 27.5. The number of carbonyl (C=O) groups excluding carboxylic acids is 5. The molecule has 1 aliphatic carbocycles. The molecule has 0 saturated carbocycles. The Morgan fingerprint density at radius 3 is 2.06 bits per heavy atom. The molecular weight excluding hydrogens is 1090 g/mol. The topological polar surface area (TPSA) is 251 Å². The van der Waals surface area contributed by atoms with Crippen molar-refractivity contribution in [1.82, 2.24) is 25.8 Å². The molecular formula is C60H75N7O13S2. The molecule has 82 heavy (non-hydrogen) atoms. The number of nitrogens with two attached hydrogens (primary N) is 1. The number of fused-ring (bicyclic) bond motifs is 3. The number of likely N-dealkylation sites (tertiary alicyclic amines) is 2. The van der Waals surface area contributed by atoms with Crippen LogP contribution in [-0.2, 0) is 19.0 Å². The zero-order valence-corrected chi connectivity index (χ0v) is 48.6. The maximum Gasteiger partial charge on any atom is 0.411 e. The Labute approximate surface area is 486 Å². The number of anilines is 2. The number of nitrogen functional groups attached to an aromatic ring is 1. The van der Waals surface area contributed by atoms with Crippen molar-refractivity contribution in [2.45, 2.75) is 81.3 Å². The van der Waals surface area contributed by atoms with E-state index in [4.69, 9.17) is 38.9 Å². The van der Waals surface area contributed by atoms with Gasteiger partial charge in [-0.15, -0.1) is 0 Å². The van der Waals surface area contributed by atoms with Crippen molar-refractivity contribution in [2.75, 3.05) is 103 Å². The van der Waals surface area contributed by atoms with Crippen LogP contribution < -0.4 is 45.9 Å². The van der Waals surface area contributed by atoms with E-state index in [1.54, 1.807) is 17.0 Å². The highest BCUT2D eigenvalue weighted by Crippen LogP contribution is 2.45. The summed E-state index contributed by atoms with van der Waals surface area (Å²) >= 11 is 0. The number of unbranched alkanes of at least 4 members (excludes halogenated alkanes) is 2. The van der Waals surface area contributed by atoms with E-state index in [1.165, 1.54) is 52.8 Å². The van der Waals surface area contributed by atoms with E-state index >= 15 is 0 Å². The van der Waals surface area contributed by atoms with Gasteiger partial charge in [0.05, 0.1) is 74.3 Å². The fourth-order valence-corrected chi connectivity index (χ4v) is 12.7. The van der Waals surface area contributed by atoms with Crippen LogP contribution in [0.25, 0.3) is 11.1 Å². The lowest BCUT2D eigenvalue weighted by Crippen LogP contribution is -2.47. The molecule has 3 atom stereocenters. The Kier molecular flexibility index (Phi) is 21.4. The van der Waals surface area contributed by atoms with Gasteiger partial charge in [0.2, 0.25) is 5.91 Å². The summed E-state index contributed by atoms with van der Waals surface area (Å²) in [5.74, 6) is 0.907. The van der Waals surface area contributed by atoms with Gasteiger partial charge in [-0.25, -0.2) is 9.59 Å². The number of alkyl carbamates (subject to hydrolysis) is 1. The lowest BCUT2D eigenvalue weighted by molar-refractivity contribution is -0.120. The molecule has 3 fully saturated rings. The van der Waals surface area contributed by atoms with Crippen LogP contribution >= 0.6 is 21.6 Å². The first kappa shape index (κ1) is 61.0. The molecule has 0 spiro atoms. The Balaban J connectivity index is 0.768. The highest BCUT2D eigenvalue weighted by atomic mass is 33.1. The molecule has 22 heteroatoms. The third kappa shape index (κ3) is 15.5. The van der Waals surface area contributed by atoms with Gasteiger partial charge in [0.15, 0.2) is 23.0 Å². The van der Waals surface area contributed by atoms with Crippen molar-refractivity contribution in [2.24, 2.45) is 0 Å². The van der Waals surface area contributed by atoms with E-state index < -0.39 is 28.9 Å². The van der Waals surface area contributed by atoms with Crippen molar-refractivity contribution in [3.05, 3.63) is 119 Å². The average Bonchev–Trinajstić information content (AvgIpc) is 4.43. The number of hydrogen-bond donors (Lipinski definition) is 6. The predicted molar refractivity (Wildman–Crippen MR) is 317 cm³/mol. The van der Waals surface area contributed by atoms with Crippen LogP contribution in [0.5, 0.6) is 23.0 Å². The van der Waals surface area contributed by atoms with Gasteiger partial charge in [-0.1, -0.05) is 94.4 Å².